The fourth-order valence-electron chi connectivity index (χ4n) is 3.13. The molecule has 1 aliphatic heterocycles. The van der Waals surface area contributed by atoms with Crippen LogP contribution in [0.3, 0.4) is 0 Å². The lowest BCUT2D eigenvalue weighted by Gasteiger charge is -2.19. The van der Waals surface area contributed by atoms with E-state index in [0.29, 0.717) is 42.4 Å². The Labute approximate surface area is 157 Å². The van der Waals surface area contributed by atoms with E-state index in [1.165, 1.54) is 5.56 Å². The van der Waals surface area contributed by atoms with E-state index in [1.807, 2.05) is 42.8 Å². The van der Waals surface area contributed by atoms with E-state index < -0.39 is 0 Å². The Hall–Kier alpha value is -3.28. The zero-order valence-electron chi connectivity index (χ0n) is 15.4. The van der Waals surface area contributed by atoms with Gasteiger partial charge in [-0.05, 0) is 37.6 Å². The second kappa shape index (κ2) is 7.15. The van der Waals surface area contributed by atoms with Gasteiger partial charge >= 0.3 is 0 Å². The number of amides is 1. The number of carbonyl (C=O) groups is 1. The monoisotopic (exact) mass is 363 g/mol. The first-order chi connectivity index (χ1) is 13.2. The van der Waals surface area contributed by atoms with Crippen LogP contribution in [0.5, 0.6) is 11.5 Å². The molecule has 6 nitrogen and oxygen atoms in total. The molecule has 2 aromatic carbocycles. The van der Waals surface area contributed by atoms with E-state index >= 15 is 0 Å². The molecule has 0 bridgehead atoms. The molecule has 1 aliphatic rings. The van der Waals surface area contributed by atoms with Crippen LogP contribution in [0, 0.1) is 6.92 Å². The van der Waals surface area contributed by atoms with E-state index in [4.69, 9.17) is 9.47 Å². The number of nitrogens with one attached hydrogen (secondary N) is 1. The molecule has 0 saturated carbocycles. The van der Waals surface area contributed by atoms with Crippen molar-refractivity contribution in [1.82, 2.24) is 9.78 Å². The van der Waals surface area contributed by atoms with Gasteiger partial charge in [0.05, 0.1) is 23.1 Å². The Morgan fingerprint density at radius 1 is 1.11 bits per heavy atom. The summed E-state index contributed by atoms with van der Waals surface area (Å²) in [5, 5.41) is 7.36. The van der Waals surface area contributed by atoms with Crippen LogP contribution in [0.1, 0.15) is 28.5 Å². The lowest BCUT2D eigenvalue weighted by atomic mass is 10.1. The second-order valence-electron chi connectivity index (χ2n) is 6.42. The highest BCUT2D eigenvalue weighted by molar-refractivity contribution is 6.05. The normalized spacial score (nSPS) is 12.7. The van der Waals surface area contributed by atoms with Crippen LogP contribution in [0.4, 0.5) is 5.69 Å². The zero-order chi connectivity index (χ0) is 18.8. The van der Waals surface area contributed by atoms with Crippen molar-refractivity contribution in [2.75, 3.05) is 18.5 Å². The summed E-state index contributed by atoms with van der Waals surface area (Å²) in [6, 6.07) is 13.5. The first-order valence-corrected chi connectivity index (χ1v) is 9.00. The highest BCUT2D eigenvalue weighted by Crippen LogP contribution is 2.32. The summed E-state index contributed by atoms with van der Waals surface area (Å²) >= 11 is 0. The minimum atomic E-state index is -0.193. The van der Waals surface area contributed by atoms with Crippen molar-refractivity contribution in [3.63, 3.8) is 0 Å². The maximum Gasteiger partial charge on any atom is 0.259 e. The van der Waals surface area contributed by atoms with Crippen LogP contribution in [-0.4, -0.2) is 28.9 Å². The molecule has 0 fully saturated rings. The number of hydrogen-bond acceptors (Lipinski definition) is 4. The van der Waals surface area contributed by atoms with E-state index in [0.717, 1.165) is 11.4 Å². The van der Waals surface area contributed by atoms with Crippen molar-refractivity contribution < 1.29 is 14.3 Å². The fraction of sp³-hybridized carbons (Fsp3) is 0.238. The van der Waals surface area contributed by atoms with Crippen molar-refractivity contribution in [1.29, 1.82) is 0 Å². The fourth-order valence-corrected chi connectivity index (χ4v) is 3.13. The van der Waals surface area contributed by atoms with Crippen molar-refractivity contribution in [2.24, 2.45) is 0 Å². The zero-order valence-corrected chi connectivity index (χ0v) is 15.4. The molecule has 1 N–H and O–H groups in total. The number of rotatable bonds is 4. The summed E-state index contributed by atoms with van der Waals surface area (Å²) in [7, 11) is 0. The van der Waals surface area contributed by atoms with Crippen molar-refractivity contribution in [3.8, 4) is 17.2 Å². The first-order valence-electron chi connectivity index (χ1n) is 9.00. The number of benzene rings is 2. The molecule has 0 saturated heterocycles. The number of anilines is 1. The average Bonchev–Trinajstić information content (AvgIpc) is 3.12. The van der Waals surface area contributed by atoms with Gasteiger partial charge in [-0.1, -0.05) is 24.6 Å². The van der Waals surface area contributed by atoms with E-state index in [-0.39, 0.29) is 5.91 Å². The van der Waals surface area contributed by atoms with Gasteiger partial charge in [0.1, 0.15) is 13.2 Å². The summed E-state index contributed by atoms with van der Waals surface area (Å²) in [5.74, 6) is 1.15. The van der Waals surface area contributed by atoms with E-state index in [1.54, 1.807) is 24.4 Å². The molecule has 0 aliphatic carbocycles. The van der Waals surface area contributed by atoms with Crippen molar-refractivity contribution in [2.45, 2.75) is 20.3 Å². The predicted molar refractivity (Wildman–Crippen MR) is 103 cm³/mol. The van der Waals surface area contributed by atoms with Gasteiger partial charge in [-0.25, -0.2) is 4.68 Å². The van der Waals surface area contributed by atoms with Crippen LogP contribution in [0.15, 0.2) is 48.7 Å². The molecule has 0 spiro atoms. The third-order valence-electron chi connectivity index (χ3n) is 4.53. The summed E-state index contributed by atoms with van der Waals surface area (Å²) < 4.78 is 12.9. The van der Waals surface area contributed by atoms with Gasteiger partial charge in [-0.3, -0.25) is 4.79 Å². The van der Waals surface area contributed by atoms with Crippen LogP contribution >= 0.6 is 0 Å². The quantitative estimate of drug-likeness (QED) is 0.766. The lowest BCUT2D eigenvalue weighted by Crippen LogP contribution is -2.17. The molecule has 1 amide bonds. The number of nitrogens with zero attached hydrogens (tertiary/aromatic N) is 2. The lowest BCUT2D eigenvalue weighted by molar-refractivity contribution is 0.102. The van der Waals surface area contributed by atoms with Gasteiger partial charge in [0.2, 0.25) is 0 Å². The number of fused-ring (bicyclic) bond motifs is 1. The van der Waals surface area contributed by atoms with Crippen molar-refractivity contribution in [3.05, 3.63) is 65.5 Å². The molecule has 138 valence electrons. The Morgan fingerprint density at radius 3 is 2.59 bits per heavy atom. The summed E-state index contributed by atoms with van der Waals surface area (Å²) in [5.41, 5.74) is 4.22. The number of aromatic nitrogens is 2. The summed E-state index contributed by atoms with van der Waals surface area (Å²) in [6.45, 7) is 5.10. The molecular weight excluding hydrogens is 342 g/mol. The smallest absolute Gasteiger partial charge is 0.259 e. The Bertz CT molecular complexity index is 977. The maximum absolute atomic E-state index is 12.8. The minimum absolute atomic E-state index is 0.193. The van der Waals surface area contributed by atoms with Gasteiger partial charge in [0.15, 0.2) is 11.5 Å². The number of ether oxygens (including phenoxy) is 2. The maximum atomic E-state index is 12.8. The molecule has 3 aromatic rings. The summed E-state index contributed by atoms with van der Waals surface area (Å²) in [4.78, 5) is 12.8. The van der Waals surface area contributed by atoms with Crippen LogP contribution < -0.4 is 14.8 Å². The highest BCUT2D eigenvalue weighted by atomic mass is 16.6. The second-order valence-corrected chi connectivity index (χ2v) is 6.42. The molecule has 0 atom stereocenters. The molecular formula is C21H21N3O3. The highest BCUT2D eigenvalue weighted by Gasteiger charge is 2.18. The van der Waals surface area contributed by atoms with Gasteiger partial charge in [-0.2, -0.15) is 5.10 Å². The van der Waals surface area contributed by atoms with Gasteiger partial charge in [0.25, 0.3) is 5.91 Å². The van der Waals surface area contributed by atoms with Crippen LogP contribution in [0.25, 0.3) is 5.69 Å². The molecule has 6 heteroatoms. The topological polar surface area (TPSA) is 65.4 Å². The predicted octanol–water partition coefficient (Wildman–Crippen LogP) is 3.77. The molecule has 2 heterocycles. The van der Waals surface area contributed by atoms with E-state index in [2.05, 4.69) is 10.4 Å². The third kappa shape index (κ3) is 3.38. The molecule has 1 aromatic heterocycles. The van der Waals surface area contributed by atoms with Crippen LogP contribution in [0.2, 0.25) is 0 Å². The molecule has 4 rings (SSSR count). The Kier molecular flexibility index (Phi) is 4.54. The van der Waals surface area contributed by atoms with E-state index in [9.17, 15) is 4.79 Å². The Morgan fingerprint density at radius 2 is 1.85 bits per heavy atom. The van der Waals surface area contributed by atoms with Gasteiger partial charge < -0.3 is 14.8 Å². The SMILES string of the molecule is CCc1c(C(=O)Nc2ccc3c(c2)OCCO3)cnn1-c1ccc(C)cc1. The number of aryl methyl sites for hydroxylation is 1. The molecule has 27 heavy (non-hydrogen) atoms. The van der Waals surface area contributed by atoms with Gasteiger partial charge in [0, 0.05) is 11.8 Å². The molecule has 0 radical (unpaired) electrons. The minimum Gasteiger partial charge on any atom is -0.486 e. The third-order valence-corrected chi connectivity index (χ3v) is 4.53. The molecule has 0 unspecified atom stereocenters. The Balaban J connectivity index is 1.60. The first kappa shape index (κ1) is 17.1. The van der Waals surface area contributed by atoms with Crippen molar-refractivity contribution >= 4 is 11.6 Å². The standard InChI is InChI=1S/C21H21N3O3/c1-3-18-17(13-22-24(18)16-7-4-14(2)5-8-16)21(25)23-15-6-9-19-20(12-15)27-11-10-26-19/h4-9,12-13H,3,10-11H2,1-2H3,(H,23,25). The largest absolute Gasteiger partial charge is 0.486 e. The van der Waals surface area contributed by atoms with Crippen LogP contribution in [-0.2, 0) is 6.42 Å². The van der Waals surface area contributed by atoms with Gasteiger partial charge in [-0.15, -0.1) is 0 Å². The summed E-state index contributed by atoms with van der Waals surface area (Å²) in [6.07, 6.45) is 2.31. The number of hydrogen-bond donors (Lipinski definition) is 1. The average molecular weight is 363 g/mol. The number of carbonyl (C=O) groups excluding carboxylic acids is 1.